The smallest absolute Gasteiger partial charge is 0.175 e. The summed E-state index contributed by atoms with van der Waals surface area (Å²) in [5.74, 6) is 1.47. The van der Waals surface area contributed by atoms with E-state index < -0.39 is 0 Å². The highest BCUT2D eigenvalue weighted by Crippen LogP contribution is 2.37. The molecular weight excluding hydrogens is 408 g/mol. The molecule has 2 aromatic rings. The Labute approximate surface area is 170 Å². The maximum Gasteiger partial charge on any atom is 0.175 e. The van der Waals surface area contributed by atoms with Gasteiger partial charge in [0.15, 0.2) is 11.5 Å². The highest BCUT2D eigenvalue weighted by molar-refractivity contribution is 9.10. The Bertz CT molecular complexity index is 681. The molecular formula is C21H29BrN2O3. The molecule has 0 radical (unpaired) electrons. The molecule has 0 aliphatic carbocycles. The molecule has 0 aliphatic heterocycles. The first-order chi connectivity index (χ1) is 13.1. The summed E-state index contributed by atoms with van der Waals surface area (Å²) in [6, 6.07) is 14.1. The second kappa shape index (κ2) is 12.0. The zero-order valence-corrected chi connectivity index (χ0v) is 17.6. The molecule has 0 aromatic heterocycles. The van der Waals surface area contributed by atoms with E-state index in [4.69, 9.17) is 9.47 Å². The summed E-state index contributed by atoms with van der Waals surface area (Å²) in [4.78, 5) is 0. The van der Waals surface area contributed by atoms with Gasteiger partial charge in [0, 0.05) is 26.2 Å². The van der Waals surface area contributed by atoms with Crippen molar-refractivity contribution in [1.82, 2.24) is 10.6 Å². The van der Waals surface area contributed by atoms with Crippen LogP contribution in [-0.2, 0) is 13.2 Å². The molecule has 5 nitrogen and oxygen atoms in total. The van der Waals surface area contributed by atoms with Crippen LogP contribution in [0.2, 0.25) is 0 Å². The summed E-state index contributed by atoms with van der Waals surface area (Å²) in [6.07, 6.45) is -0.321. The molecule has 27 heavy (non-hydrogen) atoms. The van der Waals surface area contributed by atoms with E-state index in [2.05, 4.69) is 32.6 Å². The second-order valence-corrected chi connectivity index (χ2v) is 7.20. The predicted octanol–water partition coefficient (Wildman–Crippen LogP) is 3.49. The van der Waals surface area contributed by atoms with Gasteiger partial charge in [0.25, 0.3) is 0 Å². The van der Waals surface area contributed by atoms with Gasteiger partial charge in [-0.25, -0.2) is 0 Å². The van der Waals surface area contributed by atoms with Gasteiger partial charge in [-0.1, -0.05) is 30.3 Å². The van der Waals surface area contributed by atoms with Crippen molar-refractivity contribution in [3.05, 3.63) is 58.1 Å². The van der Waals surface area contributed by atoms with Crippen LogP contribution in [0.5, 0.6) is 11.5 Å². The lowest BCUT2D eigenvalue weighted by molar-refractivity contribution is 0.191. The molecule has 3 N–H and O–H groups in total. The third-order valence-electron chi connectivity index (χ3n) is 3.84. The topological polar surface area (TPSA) is 62.8 Å². The summed E-state index contributed by atoms with van der Waals surface area (Å²) in [5.41, 5.74) is 2.23. The minimum Gasteiger partial charge on any atom is -0.490 e. The summed E-state index contributed by atoms with van der Waals surface area (Å²) < 4.78 is 12.7. The SMILES string of the molecule is CCOc1cc(CNCCNC[C@@H](C)O)cc(Br)c1OCc1ccccc1. The largest absolute Gasteiger partial charge is 0.490 e. The van der Waals surface area contributed by atoms with Crippen LogP contribution in [0, 0.1) is 0 Å². The summed E-state index contributed by atoms with van der Waals surface area (Å²) in [6.45, 7) is 7.77. The summed E-state index contributed by atoms with van der Waals surface area (Å²) in [7, 11) is 0. The van der Waals surface area contributed by atoms with E-state index in [1.165, 1.54) is 0 Å². The standard InChI is InChI=1S/C21H29BrN2O3/c1-3-26-20-12-18(14-24-10-9-23-13-16(2)25)11-19(22)21(20)27-15-17-7-5-4-6-8-17/h4-8,11-12,16,23-25H,3,9-10,13-15H2,1-2H3/t16-/m1/s1. The van der Waals surface area contributed by atoms with Crippen LogP contribution in [0.4, 0.5) is 0 Å². The molecule has 0 amide bonds. The first-order valence-electron chi connectivity index (χ1n) is 9.31. The van der Waals surface area contributed by atoms with E-state index >= 15 is 0 Å². The van der Waals surface area contributed by atoms with Gasteiger partial charge in [-0.2, -0.15) is 0 Å². The number of halogens is 1. The minimum absolute atomic E-state index is 0.321. The van der Waals surface area contributed by atoms with Crippen LogP contribution < -0.4 is 20.1 Å². The number of hydrogen-bond acceptors (Lipinski definition) is 5. The van der Waals surface area contributed by atoms with Crippen molar-refractivity contribution in [2.24, 2.45) is 0 Å². The molecule has 0 spiro atoms. The van der Waals surface area contributed by atoms with Gasteiger partial charge in [-0.05, 0) is 53.0 Å². The van der Waals surface area contributed by atoms with Crippen molar-refractivity contribution in [2.45, 2.75) is 33.1 Å². The van der Waals surface area contributed by atoms with Gasteiger partial charge >= 0.3 is 0 Å². The fraction of sp³-hybridized carbons (Fsp3) is 0.429. The molecule has 2 rings (SSSR count). The molecule has 0 saturated carbocycles. The summed E-state index contributed by atoms with van der Waals surface area (Å²) >= 11 is 3.62. The summed E-state index contributed by atoms with van der Waals surface area (Å²) in [5, 5.41) is 15.8. The molecule has 0 fully saturated rings. The third-order valence-corrected chi connectivity index (χ3v) is 4.43. The van der Waals surface area contributed by atoms with Crippen LogP contribution in [0.3, 0.4) is 0 Å². The first kappa shape index (κ1) is 21.7. The van der Waals surface area contributed by atoms with Gasteiger partial charge in [-0.15, -0.1) is 0 Å². The Morgan fingerprint density at radius 2 is 1.78 bits per heavy atom. The molecule has 0 unspecified atom stereocenters. The number of benzene rings is 2. The van der Waals surface area contributed by atoms with Crippen LogP contribution in [-0.4, -0.2) is 37.5 Å². The Morgan fingerprint density at radius 1 is 1.04 bits per heavy atom. The maximum absolute atomic E-state index is 9.23. The van der Waals surface area contributed by atoms with E-state index in [-0.39, 0.29) is 6.10 Å². The van der Waals surface area contributed by atoms with Gasteiger partial charge in [0.1, 0.15) is 6.61 Å². The lowest BCUT2D eigenvalue weighted by Gasteiger charge is -2.16. The molecule has 1 atom stereocenters. The van der Waals surface area contributed by atoms with Crippen molar-refractivity contribution in [2.75, 3.05) is 26.2 Å². The lowest BCUT2D eigenvalue weighted by atomic mass is 10.2. The van der Waals surface area contributed by atoms with E-state index in [0.717, 1.165) is 46.7 Å². The fourth-order valence-corrected chi connectivity index (χ4v) is 3.18. The normalized spacial score (nSPS) is 12.0. The fourth-order valence-electron chi connectivity index (χ4n) is 2.58. The second-order valence-electron chi connectivity index (χ2n) is 6.34. The number of hydrogen-bond donors (Lipinski definition) is 3. The van der Waals surface area contributed by atoms with E-state index in [1.807, 2.05) is 43.3 Å². The van der Waals surface area contributed by atoms with Crippen molar-refractivity contribution in [3.8, 4) is 11.5 Å². The van der Waals surface area contributed by atoms with Crippen molar-refractivity contribution in [1.29, 1.82) is 0 Å². The number of aliphatic hydroxyl groups is 1. The van der Waals surface area contributed by atoms with Gasteiger partial charge in [-0.3, -0.25) is 0 Å². The van der Waals surface area contributed by atoms with Gasteiger partial charge < -0.3 is 25.2 Å². The predicted molar refractivity (Wildman–Crippen MR) is 112 cm³/mol. The van der Waals surface area contributed by atoms with Crippen molar-refractivity contribution in [3.63, 3.8) is 0 Å². The highest BCUT2D eigenvalue weighted by atomic mass is 79.9. The van der Waals surface area contributed by atoms with E-state index in [0.29, 0.717) is 19.8 Å². The maximum atomic E-state index is 9.23. The van der Waals surface area contributed by atoms with Crippen molar-refractivity contribution >= 4 is 15.9 Å². The highest BCUT2D eigenvalue weighted by Gasteiger charge is 2.12. The lowest BCUT2D eigenvalue weighted by Crippen LogP contribution is -2.31. The van der Waals surface area contributed by atoms with Crippen molar-refractivity contribution < 1.29 is 14.6 Å². The van der Waals surface area contributed by atoms with Gasteiger partial charge in [0.2, 0.25) is 0 Å². The number of nitrogens with one attached hydrogen (secondary N) is 2. The number of ether oxygens (including phenoxy) is 2. The average Bonchev–Trinajstić information content (AvgIpc) is 2.65. The zero-order chi connectivity index (χ0) is 19.5. The molecule has 6 heteroatoms. The zero-order valence-electron chi connectivity index (χ0n) is 16.0. The molecule has 0 saturated heterocycles. The number of aliphatic hydroxyl groups excluding tert-OH is 1. The first-order valence-corrected chi connectivity index (χ1v) is 10.1. The van der Waals surface area contributed by atoms with Crippen LogP contribution in [0.15, 0.2) is 46.9 Å². The van der Waals surface area contributed by atoms with Crippen LogP contribution in [0.1, 0.15) is 25.0 Å². The Kier molecular flexibility index (Phi) is 9.62. The van der Waals surface area contributed by atoms with E-state index in [1.54, 1.807) is 6.92 Å². The average molecular weight is 437 g/mol. The van der Waals surface area contributed by atoms with E-state index in [9.17, 15) is 5.11 Å². The van der Waals surface area contributed by atoms with Crippen LogP contribution >= 0.6 is 15.9 Å². The molecule has 148 valence electrons. The van der Waals surface area contributed by atoms with Gasteiger partial charge in [0.05, 0.1) is 17.2 Å². The quantitative estimate of drug-likeness (QED) is 0.444. The number of rotatable bonds is 12. The molecule has 2 aromatic carbocycles. The Balaban J connectivity index is 1.93. The van der Waals surface area contributed by atoms with Crippen LogP contribution in [0.25, 0.3) is 0 Å². The molecule has 0 bridgehead atoms. The monoisotopic (exact) mass is 436 g/mol. The third kappa shape index (κ3) is 7.89. The Hall–Kier alpha value is -1.60. The molecule has 0 heterocycles. The molecule has 0 aliphatic rings. The Morgan fingerprint density at radius 3 is 2.48 bits per heavy atom. The minimum atomic E-state index is -0.321.